The Hall–Kier alpha value is -0.0100. The zero-order chi connectivity index (χ0) is 5.54. The first-order chi connectivity index (χ1) is 3.41. The monoisotopic (exact) mass is 120 g/mol. The van der Waals surface area contributed by atoms with Crippen molar-refractivity contribution < 1.29 is 5.11 Å². The van der Waals surface area contributed by atoms with Crippen LogP contribution in [0.1, 0.15) is 6.42 Å². The Balaban J connectivity index is 2.78. The van der Waals surface area contributed by atoms with Gasteiger partial charge in [0.05, 0.1) is 6.61 Å². The quantitative estimate of drug-likeness (QED) is 0.438. The van der Waals surface area contributed by atoms with Crippen molar-refractivity contribution in [3.05, 3.63) is 12.2 Å². The second-order valence-corrected chi connectivity index (χ2v) is 1.51. The van der Waals surface area contributed by atoms with E-state index in [1.165, 1.54) is 0 Å². The summed E-state index contributed by atoms with van der Waals surface area (Å²) < 4.78 is 0. The Bertz CT molecular complexity index is 52.0. The lowest BCUT2D eigenvalue weighted by Gasteiger charge is -1.78. The molecule has 0 aromatic rings. The Morgan fingerprint density at radius 3 is 2.57 bits per heavy atom. The lowest BCUT2D eigenvalue weighted by molar-refractivity contribution is 0.342. The summed E-state index contributed by atoms with van der Waals surface area (Å²) in [5, 5.41) is 8.16. The minimum absolute atomic E-state index is 0.122. The van der Waals surface area contributed by atoms with Crippen molar-refractivity contribution in [1.82, 2.24) is 0 Å². The fourth-order valence-electron chi connectivity index (χ4n) is 0.255. The van der Waals surface area contributed by atoms with Crippen LogP contribution in [0.5, 0.6) is 0 Å². The second-order valence-electron chi connectivity index (χ2n) is 1.13. The number of aliphatic hydroxyl groups is 1. The van der Waals surface area contributed by atoms with E-state index in [0.29, 0.717) is 5.88 Å². The van der Waals surface area contributed by atoms with Crippen molar-refractivity contribution in [3.8, 4) is 0 Å². The number of alkyl halides is 1. The molecule has 0 aromatic heterocycles. The van der Waals surface area contributed by atoms with Gasteiger partial charge in [-0.1, -0.05) is 12.2 Å². The zero-order valence-corrected chi connectivity index (χ0v) is 4.86. The van der Waals surface area contributed by atoms with Gasteiger partial charge in [0, 0.05) is 5.88 Å². The molecular formula is C5H9ClO. The highest BCUT2D eigenvalue weighted by atomic mass is 35.5. The summed E-state index contributed by atoms with van der Waals surface area (Å²) in [6, 6.07) is 0. The molecule has 0 aliphatic rings. The molecule has 0 aromatic carbocycles. The highest BCUT2D eigenvalue weighted by molar-refractivity contribution is 6.17. The number of allylic oxidation sites excluding steroid dienone is 1. The molecule has 0 atom stereocenters. The Morgan fingerprint density at radius 1 is 1.43 bits per heavy atom. The van der Waals surface area contributed by atoms with Gasteiger partial charge in [0.1, 0.15) is 0 Å². The number of hydrogen-bond acceptors (Lipinski definition) is 1. The van der Waals surface area contributed by atoms with Gasteiger partial charge in [0.15, 0.2) is 0 Å². The van der Waals surface area contributed by atoms with Gasteiger partial charge in [-0.05, 0) is 6.42 Å². The van der Waals surface area contributed by atoms with Crippen LogP contribution in [0.15, 0.2) is 12.2 Å². The molecule has 0 radical (unpaired) electrons. The fourth-order valence-corrected chi connectivity index (χ4v) is 0.381. The summed E-state index contributed by atoms with van der Waals surface area (Å²) in [5.74, 6) is 0.635. The largest absolute Gasteiger partial charge is 0.392 e. The lowest BCUT2D eigenvalue weighted by Crippen LogP contribution is -1.71. The van der Waals surface area contributed by atoms with Crippen molar-refractivity contribution in [2.75, 3.05) is 12.5 Å². The predicted molar refractivity (Wildman–Crippen MR) is 31.6 cm³/mol. The van der Waals surface area contributed by atoms with Crippen molar-refractivity contribution in [2.24, 2.45) is 0 Å². The molecule has 0 saturated heterocycles. The second kappa shape index (κ2) is 5.99. The van der Waals surface area contributed by atoms with Crippen LogP contribution in [0.25, 0.3) is 0 Å². The van der Waals surface area contributed by atoms with Crippen molar-refractivity contribution >= 4 is 11.6 Å². The van der Waals surface area contributed by atoms with Gasteiger partial charge in [-0.15, -0.1) is 11.6 Å². The smallest absolute Gasteiger partial charge is 0.0612 e. The molecule has 0 saturated carbocycles. The Kier molecular flexibility index (Phi) is 5.98. The predicted octanol–water partition coefficient (Wildman–Crippen LogP) is 1.16. The zero-order valence-electron chi connectivity index (χ0n) is 4.10. The summed E-state index contributed by atoms with van der Waals surface area (Å²) in [6.45, 7) is 0.122. The van der Waals surface area contributed by atoms with Crippen molar-refractivity contribution in [1.29, 1.82) is 0 Å². The number of hydrogen-bond donors (Lipinski definition) is 1. The normalized spacial score (nSPS) is 10.6. The van der Waals surface area contributed by atoms with Crippen LogP contribution in [-0.4, -0.2) is 17.6 Å². The first-order valence-corrected chi connectivity index (χ1v) is 2.77. The van der Waals surface area contributed by atoms with Gasteiger partial charge < -0.3 is 5.11 Å². The van der Waals surface area contributed by atoms with E-state index in [4.69, 9.17) is 16.7 Å². The summed E-state index contributed by atoms with van der Waals surface area (Å²) in [7, 11) is 0. The topological polar surface area (TPSA) is 20.2 Å². The summed E-state index contributed by atoms with van der Waals surface area (Å²) >= 11 is 5.30. The van der Waals surface area contributed by atoms with E-state index in [1.807, 2.05) is 6.08 Å². The number of aliphatic hydroxyl groups excluding tert-OH is 1. The van der Waals surface area contributed by atoms with E-state index < -0.39 is 0 Å². The molecule has 0 bridgehead atoms. The minimum Gasteiger partial charge on any atom is -0.392 e. The van der Waals surface area contributed by atoms with Gasteiger partial charge in [-0.2, -0.15) is 0 Å². The van der Waals surface area contributed by atoms with E-state index in [-0.39, 0.29) is 6.61 Å². The SMILES string of the molecule is OCC=CCCCl. The fraction of sp³-hybridized carbons (Fsp3) is 0.600. The van der Waals surface area contributed by atoms with Crippen LogP contribution in [0.2, 0.25) is 0 Å². The van der Waals surface area contributed by atoms with E-state index in [1.54, 1.807) is 6.08 Å². The highest BCUT2D eigenvalue weighted by Crippen LogP contribution is 1.84. The summed E-state index contributed by atoms with van der Waals surface area (Å²) in [5.41, 5.74) is 0. The average Bonchev–Trinajstić information content (AvgIpc) is 1.69. The molecule has 0 aliphatic heterocycles. The van der Waals surface area contributed by atoms with E-state index in [2.05, 4.69) is 0 Å². The first kappa shape index (κ1) is 6.99. The molecule has 0 heterocycles. The van der Waals surface area contributed by atoms with Gasteiger partial charge in [0.2, 0.25) is 0 Å². The molecule has 0 amide bonds. The highest BCUT2D eigenvalue weighted by Gasteiger charge is 1.70. The molecule has 2 heteroatoms. The molecule has 0 unspecified atom stereocenters. The Labute approximate surface area is 48.6 Å². The van der Waals surface area contributed by atoms with Gasteiger partial charge >= 0.3 is 0 Å². The van der Waals surface area contributed by atoms with Crippen LogP contribution in [0, 0.1) is 0 Å². The van der Waals surface area contributed by atoms with E-state index in [9.17, 15) is 0 Å². The number of rotatable bonds is 3. The molecule has 0 fully saturated rings. The lowest BCUT2D eigenvalue weighted by atomic mass is 10.4. The summed E-state index contributed by atoms with van der Waals surface area (Å²) in [4.78, 5) is 0. The number of halogens is 1. The molecule has 0 spiro atoms. The molecule has 7 heavy (non-hydrogen) atoms. The molecule has 1 nitrogen and oxygen atoms in total. The maximum absolute atomic E-state index is 8.16. The molecule has 0 rings (SSSR count). The van der Waals surface area contributed by atoms with Crippen LogP contribution in [0.4, 0.5) is 0 Å². The van der Waals surface area contributed by atoms with Gasteiger partial charge in [-0.25, -0.2) is 0 Å². The third kappa shape index (κ3) is 5.99. The van der Waals surface area contributed by atoms with Crippen molar-refractivity contribution in [3.63, 3.8) is 0 Å². The van der Waals surface area contributed by atoms with Crippen LogP contribution in [-0.2, 0) is 0 Å². The Morgan fingerprint density at radius 2 is 2.14 bits per heavy atom. The van der Waals surface area contributed by atoms with Crippen LogP contribution < -0.4 is 0 Å². The van der Waals surface area contributed by atoms with E-state index >= 15 is 0 Å². The van der Waals surface area contributed by atoms with Gasteiger partial charge in [-0.3, -0.25) is 0 Å². The minimum atomic E-state index is 0.122. The first-order valence-electron chi connectivity index (χ1n) is 2.23. The third-order valence-electron chi connectivity index (χ3n) is 0.548. The van der Waals surface area contributed by atoms with Gasteiger partial charge in [0.25, 0.3) is 0 Å². The molecule has 1 N–H and O–H groups in total. The molecular weight excluding hydrogens is 112 g/mol. The average molecular weight is 121 g/mol. The maximum Gasteiger partial charge on any atom is 0.0612 e. The van der Waals surface area contributed by atoms with Crippen LogP contribution in [0.3, 0.4) is 0 Å². The van der Waals surface area contributed by atoms with Crippen LogP contribution >= 0.6 is 11.6 Å². The molecule has 42 valence electrons. The summed E-state index contributed by atoms with van der Waals surface area (Å²) in [6.07, 6.45) is 4.39. The molecule has 0 aliphatic carbocycles. The standard InChI is InChI=1S/C5H9ClO/c6-4-2-1-3-5-7/h1,3,7H,2,4-5H2. The van der Waals surface area contributed by atoms with E-state index in [0.717, 1.165) is 6.42 Å². The maximum atomic E-state index is 8.16. The van der Waals surface area contributed by atoms with Crippen molar-refractivity contribution in [2.45, 2.75) is 6.42 Å². The third-order valence-corrected chi connectivity index (χ3v) is 0.766.